The molecule has 0 aliphatic heterocycles. The zero-order valence-corrected chi connectivity index (χ0v) is 14.8. The number of methoxy groups -OCH3 is 1. The maximum Gasteiger partial charge on any atom is 0.349 e. The van der Waals surface area contributed by atoms with Crippen molar-refractivity contribution >= 4 is 28.5 Å². The van der Waals surface area contributed by atoms with Crippen LogP contribution in [0, 0.1) is 0 Å². The van der Waals surface area contributed by atoms with Crippen LogP contribution in [0.1, 0.15) is 27.6 Å². The fraction of sp³-hybridized carbons (Fsp3) is 0.150. The van der Waals surface area contributed by atoms with Gasteiger partial charge in [-0.25, -0.2) is 9.59 Å². The number of carbonyl (C=O) groups excluding carboxylic acids is 2. The van der Waals surface area contributed by atoms with E-state index in [0.717, 1.165) is 0 Å². The fourth-order valence-electron chi connectivity index (χ4n) is 2.52. The van der Waals surface area contributed by atoms with E-state index in [4.69, 9.17) is 13.9 Å². The van der Waals surface area contributed by atoms with E-state index >= 15 is 0 Å². The van der Waals surface area contributed by atoms with Crippen molar-refractivity contribution in [3.05, 3.63) is 70.1 Å². The van der Waals surface area contributed by atoms with E-state index in [-0.39, 0.29) is 12.2 Å². The number of amides is 1. The summed E-state index contributed by atoms with van der Waals surface area (Å²) in [6.45, 7) is 1.95. The number of hydrogen-bond acceptors (Lipinski definition) is 6. The lowest BCUT2D eigenvalue weighted by atomic mass is 10.1. The van der Waals surface area contributed by atoms with Gasteiger partial charge in [0, 0.05) is 11.1 Å². The van der Waals surface area contributed by atoms with Crippen LogP contribution in [0.15, 0.2) is 57.7 Å². The molecule has 0 aliphatic rings. The number of rotatable bonds is 5. The average Bonchev–Trinajstić information content (AvgIpc) is 2.67. The highest BCUT2D eigenvalue weighted by molar-refractivity contribution is 6.06. The molecule has 0 spiro atoms. The number of anilines is 1. The van der Waals surface area contributed by atoms with Gasteiger partial charge in [-0.3, -0.25) is 4.79 Å². The van der Waals surface area contributed by atoms with E-state index < -0.39 is 17.5 Å². The Labute approximate surface area is 154 Å². The molecule has 0 fully saturated rings. The normalized spacial score (nSPS) is 10.4. The molecule has 1 heterocycles. The number of fused-ring (bicyclic) bond motifs is 1. The van der Waals surface area contributed by atoms with Gasteiger partial charge in [0.05, 0.1) is 19.3 Å². The lowest BCUT2D eigenvalue weighted by molar-refractivity contribution is 0.0526. The van der Waals surface area contributed by atoms with E-state index in [1.807, 2.05) is 0 Å². The number of carbonyl (C=O) groups is 2. The summed E-state index contributed by atoms with van der Waals surface area (Å²) in [5.74, 6) is -0.565. The van der Waals surface area contributed by atoms with Gasteiger partial charge in [-0.1, -0.05) is 6.07 Å². The van der Waals surface area contributed by atoms with Crippen molar-refractivity contribution < 1.29 is 23.5 Å². The van der Waals surface area contributed by atoms with Crippen LogP contribution in [0.2, 0.25) is 0 Å². The molecule has 0 bridgehead atoms. The van der Waals surface area contributed by atoms with Crippen LogP contribution in [-0.2, 0) is 4.74 Å². The summed E-state index contributed by atoms with van der Waals surface area (Å²) in [6.07, 6.45) is 0. The van der Waals surface area contributed by atoms with Gasteiger partial charge >= 0.3 is 11.6 Å². The van der Waals surface area contributed by atoms with Gasteiger partial charge < -0.3 is 19.2 Å². The highest BCUT2D eigenvalue weighted by Crippen LogP contribution is 2.21. The molecule has 7 heteroatoms. The lowest BCUT2D eigenvalue weighted by Crippen LogP contribution is -2.20. The number of benzene rings is 2. The molecule has 0 saturated carbocycles. The molecular formula is C20H17NO6. The van der Waals surface area contributed by atoms with E-state index in [1.165, 1.54) is 19.2 Å². The molecular weight excluding hydrogens is 350 g/mol. The zero-order chi connectivity index (χ0) is 19.4. The van der Waals surface area contributed by atoms with E-state index in [2.05, 4.69) is 5.32 Å². The van der Waals surface area contributed by atoms with Crippen LogP contribution in [0.25, 0.3) is 11.0 Å². The van der Waals surface area contributed by atoms with E-state index in [1.54, 1.807) is 43.3 Å². The first-order valence-electron chi connectivity index (χ1n) is 8.22. The SMILES string of the molecule is CCOC(=O)c1cccc(NC(=O)c2cc3cc(OC)ccc3oc2=O)c1. The first-order valence-corrected chi connectivity index (χ1v) is 8.22. The molecule has 3 aromatic rings. The lowest BCUT2D eigenvalue weighted by Gasteiger charge is -2.08. The summed E-state index contributed by atoms with van der Waals surface area (Å²) in [4.78, 5) is 36.5. The summed E-state index contributed by atoms with van der Waals surface area (Å²) >= 11 is 0. The highest BCUT2D eigenvalue weighted by atomic mass is 16.5. The molecule has 0 aliphatic carbocycles. The molecule has 27 heavy (non-hydrogen) atoms. The Hall–Kier alpha value is -3.61. The molecule has 7 nitrogen and oxygen atoms in total. The average molecular weight is 367 g/mol. The van der Waals surface area contributed by atoms with Crippen molar-refractivity contribution in [3.8, 4) is 5.75 Å². The molecule has 3 rings (SSSR count). The minimum Gasteiger partial charge on any atom is -0.497 e. The molecule has 0 saturated heterocycles. The standard InChI is InChI=1S/C20H17NO6/c1-3-26-19(23)12-5-4-6-14(9-12)21-18(22)16-11-13-10-15(25-2)7-8-17(13)27-20(16)24/h4-11H,3H2,1-2H3,(H,21,22). The second-order valence-corrected chi connectivity index (χ2v) is 5.61. The Kier molecular flexibility index (Phi) is 5.21. The molecule has 0 radical (unpaired) electrons. The molecule has 0 unspecified atom stereocenters. The molecule has 2 aromatic carbocycles. The Balaban J connectivity index is 1.90. The predicted molar refractivity (Wildman–Crippen MR) is 99.4 cm³/mol. The first kappa shape index (κ1) is 18.2. The third-order valence-corrected chi connectivity index (χ3v) is 3.82. The number of esters is 1. The topological polar surface area (TPSA) is 94.8 Å². The molecule has 1 amide bonds. The van der Waals surface area contributed by atoms with Gasteiger partial charge in [0.15, 0.2) is 0 Å². The Morgan fingerprint density at radius 1 is 1.11 bits per heavy atom. The summed E-state index contributed by atoms with van der Waals surface area (Å²) in [6, 6.07) is 12.6. The Morgan fingerprint density at radius 3 is 2.67 bits per heavy atom. The van der Waals surface area contributed by atoms with Crippen LogP contribution >= 0.6 is 0 Å². The van der Waals surface area contributed by atoms with E-state index in [0.29, 0.717) is 28.0 Å². The highest BCUT2D eigenvalue weighted by Gasteiger charge is 2.15. The minimum atomic E-state index is -0.758. The van der Waals surface area contributed by atoms with Crippen molar-refractivity contribution in [3.63, 3.8) is 0 Å². The fourth-order valence-corrected chi connectivity index (χ4v) is 2.52. The van der Waals surface area contributed by atoms with Crippen LogP contribution < -0.4 is 15.7 Å². The smallest absolute Gasteiger partial charge is 0.349 e. The Morgan fingerprint density at radius 2 is 1.93 bits per heavy atom. The Bertz CT molecular complexity index is 1070. The van der Waals surface area contributed by atoms with Crippen LogP contribution in [0.4, 0.5) is 5.69 Å². The van der Waals surface area contributed by atoms with Crippen LogP contribution in [0.5, 0.6) is 5.75 Å². The van der Waals surface area contributed by atoms with Crippen molar-refractivity contribution in [2.75, 3.05) is 19.0 Å². The van der Waals surface area contributed by atoms with Crippen molar-refractivity contribution in [1.82, 2.24) is 0 Å². The second-order valence-electron chi connectivity index (χ2n) is 5.61. The zero-order valence-electron chi connectivity index (χ0n) is 14.8. The van der Waals surface area contributed by atoms with Crippen molar-refractivity contribution in [2.24, 2.45) is 0 Å². The summed E-state index contributed by atoms with van der Waals surface area (Å²) in [7, 11) is 1.52. The minimum absolute atomic E-state index is 0.155. The summed E-state index contributed by atoms with van der Waals surface area (Å²) in [5, 5.41) is 3.15. The number of nitrogens with one attached hydrogen (secondary N) is 1. The quantitative estimate of drug-likeness (QED) is 0.549. The maximum absolute atomic E-state index is 12.5. The van der Waals surface area contributed by atoms with Gasteiger partial charge in [-0.2, -0.15) is 0 Å². The third-order valence-electron chi connectivity index (χ3n) is 3.82. The van der Waals surface area contributed by atoms with Crippen LogP contribution in [0.3, 0.4) is 0 Å². The molecule has 1 aromatic heterocycles. The van der Waals surface area contributed by atoms with Gasteiger partial charge in [0.1, 0.15) is 16.9 Å². The van der Waals surface area contributed by atoms with Gasteiger partial charge in [-0.05, 0) is 49.4 Å². The molecule has 1 N–H and O–H groups in total. The molecule has 138 valence electrons. The van der Waals surface area contributed by atoms with Gasteiger partial charge in [0.2, 0.25) is 0 Å². The first-order chi connectivity index (χ1) is 13.0. The third kappa shape index (κ3) is 3.98. The van der Waals surface area contributed by atoms with Gasteiger partial charge in [0.25, 0.3) is 5.91 Å². The summed E-state index contributed by atoms with van der Waals surface area (Å²) in [5.41, 5.74) is 0.0892. The summed E-state index contributed by atoms with van der Waals surface area (Å²) < 4.78 is 15.3. The van der Waals surface area contributed by atoms with Gasteiger partial charge in [-0.15, -0.1) is 0 Å². The largest absolute Gasteiger partial charge is 0.497 e. The van der Waals surface area contributed by atoms with Crippen molar-refractivity contribution in [1.29, 1.82) is 0 Å². The monoisotopic (exact) mass is 367 g/mol. The van der Waals surface area contributed by atoms with Crippen molar-refractivity contribution in [2.45, 2.75) is 6.92 Å². The number of ether oxygens (including phenoxy) is 2. The number of hydrogen-bond donors (Lipinski definition) is 1. The molecule has 0 atom stereocenters. The maximum atomic E-state index is 12.5. The van der Waals surface area contributed by atoms with E-state index in [9.17, 15) is 14.4 Å². The van der Waals surface area contributed by atoms with Crippen LogP contribution in [-0.4, -0.2) is 25.6 Å². The predicted octanol–water partition coefficient (Wildman–Crippen LogP) is 3.23. The second kappa shape index (κ2) is 7.74.